The fourth-order valence-electron chi connectivity index (χ4n) is 2.10. The first-order valence-corrected chi connectivity index (χ1v) is 7.14. The number of benzene rings is 1. The summed E-state index contributed by atoms with van der Waals surface area (Å²) < 4.78 is 5.42. The fraction of sp³-hybridized carbons (Fsp3) is 0.143. The highest BCUT2D eigenvalue weighted by molar-refractivity contribution is 9.10. The monoisotopic (exact) mass is 349 g/mol. The number of halogens is 1. The van der Waals surface area contributed by atoms with Crippen molar-refractivity contribution in [3.8, 4) is 0 Å². The van der Waals surface area contributed by atoms with E-state index in [2.05, 4.69) is 26.6 Å². The minimum Gasteiger partial charge on any atom is -0.457 e. The summed E-state index contributed by atoms with van der Waals surface area (Å²) in [5.41, 5.74) is 1.88. The zero-order valence-electron chi connectivity index (χ0n) is 10.9. The third-order valence-corrected chi connectivity index (χ3v) is 3.77. The average Bonchev–Trinajstić information content (AvgIpc) is 3.08. The maximum atomic E-state index is 12.0. The first-order chi connectivity index (χ1) is 10.1. The third-order valence-electron chi connectivity index (χ3n) is 3.16. The molecule has 7 heteroatoms. The maximum Gasteiger partial charge on any atom is 0.321 e. The zero-order valence-corrected chi connectivity index (χ0v) is 12.5. The number of carbonyl (C=O) groups excluding carboxylic acids is 2. The van der Waals surface area contributed by atoms with E-state index in [0.717, 1.165) is 5.69 Å². The van der Waals surface area contributed by atoms with Gasteiger partial charge in [0.25, 0.3) is 5.91 Å². The quantitative estimate of drug-likeness (QED) is 0.894. The number of hydrogen-bond donors (Lipinski definition) is 2. The van der Waals surface area contributed by atoms with E-state index < -0.39 is 0 Å². The highest BCUT2D eigenvalue weighted by Crippen LogP contribution is 2.22. The molecule has 0 aliphatic carbocycles. The second kappa shape index (κ2) is 5.61. The molecule has 0 saturated carbocycles. The number of carbonyl (C=O) groups is 2. The van der Waals surface area contributed by atoms with Crippen molar-refractivity contribution >= 4 is 39.2 Å². The molecule has 2 N–H and O–H groups in total. The van der Waals surface area contributed by atoms with Crippen LogP contribution in [0.2, 0.25) is 0 Å². The van der Waals surface area contributed by atoms with Crippen LogP contribution < -0.4 is 15.5 Å². The molecule has 0 unspecified atom stereocenters. The van der Waals surface area contributed by atoms with E-state index in [1.54, 1.807) is 35.2 Å². The van der Waals surface area contributed by atoms with Gasteiger partial charge in [0.1, 0.15) is 0 Å². The van der Waals surface area contributed by atoms with Crippen LogP contribution in [0.5, 0.6) is 0 Å². The molecular weight excluding hydrogens is 338 g/mol. The van der Waals surface area contributed by atoms with Crippen LogP contribution in [-0.2, 0) is 0 Å². The minimum absolute atomic E-state index is 0.103. The van der Waals surface area contributed by atoms with Gasteiger partial charge in [-0.2, -0.15) is 0 Å². The van der Waals surface area contributed by atoms with Gasteiger partial charge in [-0.15, -0.1) is 0 Å². The first-order valence-electron chi connectivity index (χ1n) is 6.35. The Kier molecular flexibility index (Phi) is 3.66. The van der Waals surface area contributed by atoms with Gasteiger partial charge in [0.2, 0.25) is 0 Å². The average molecular weight is 350 g/mol. The molecule has 1 aromatic heterocycles. The number of anilines is 2. The Hall–Kier alpha value is -2.28. The van der Waals surface area contributed by atoms with E-state index in [1.807, 2.05) is 0 Å². The van der Waals surface area contributed by atoms with Crippen molar-refractivity contribution in [2.75, 3.05) is 23.3 Å². The molecule has 0 bridgehead atoms. The Bertz CT molecular complexity index is 681. The Morgan fingerprint density at radius 2 is 2.05 bits per heavy atom. The third kappa shape index (κ3) is 2.78. The molecule has 21 heavy (non-hydrogen) atoms. The van der Waals surface area contributed by atoms with Crippen LogP contribution in [0, 0.1) is 0 Å². The van der Waals surface area contributed by atoms with Gasteiger partial charge in [0.15, 0.2) is 4.67 Å². The number of rotatable bonds is 3. The lowest BCUT2D eigenvalue weighted by molar-refractivity contribution is 0.102. The van der Waals surface area contributed by atoms with E-state index >= 15 is 0 Å². The largest absolute Gasteiger partial charge is 0.457 e. The summed E-state index contributed by atoms with van der Waals surface area (Å²) in [7, 11) is 0. The second-order valence-corrected chi connectivity index (χ2v) is 5.21. The molecule has 0 spiro atoms. The second-order valence-electron chi connectivity index (χ2n) is 4.49. The molecule has 108 valence electrons. The molecule has 1 aliphatic heterocycles. The zero-order chi connectivity index (χ0) is 14.8. The summed E-state index contributed by atoms with van der Waals surface area (Å²) >= 11 is 3.16. The maximum absolute atomic E-state index is 12.0. The van der Waals surface area contributed by atoms with Crippen LogP contribution in [0.25, 0.3) is 0 Å². The molecule has 3 rings (SSSR count). The fourth-order valence-corrected chi connectivity index (χ4v) is 2.52. The van der Waals surface area contributed by atoms with Crippen LogP contribution in [0.1, 0.15) is 10.4 Å². The molecule has 6 nitrogen and oxygen atoms in total. The van der Waals surface area contributed by atoms with Crippen molar-refractivity contribution in [1.82, 2.24) is 5.32 Å². The van der Waals surface area contributed by atoms with E-state index in [1.165, 1.54) is 6.26 Å². The van der Waals surface area contributed by atoms with Crippen molar-refractivity contribution in [1.29, 1.82) is 0 Å². The van der Waals surface area contributed by atoms with Gasteiger partial charge in [-0.3, -0.25) is 9.69 Å². The summed E-state index contributed by atoms with van der Waals surface area (Å²) in [5, 5.41) is 5.51. The van der Waals surface area contributed by atoms with Gasteiger partial charge in [-0.25, -0.2) is 4.79 Å². The molecule has 0 atom stereocenters. The van der Waals surface area contributed by atoms with Crippen LogP contribution in [-0.4, -0.2) is 25.0 Å². The van der Waals surface area contributed by atoms with E-state index in [0.29, 0.717) is 29.0 Å². The number of furan rings is 1. The van der Waals surface area contributed by atoms with Gasteiger partial charge >= 0.3 is 6.03 Å². The summed E-state index contributed by atoms with van der Waals surface area (Å²) in [5.74, 6) is -0.262. The standard InChI is InChI=1S/C14H12BrN3O3/c15-12-11(5-8-21-12)13(19)17-9-1-3-10(4-2-9)18-7-6-16-14(18)20/h1-5,8H,6-7H2,(H,16,20)(H,17,19). The summed E-state index contributed by atoms with van der Waals surface area (Å²) in [6, 6.07) is 8.59. The highest BCUT2D eigenvalue weighted by atomic mass is 79.9. The van der Waals surface area contributed by atoms with Crippen molar-refractivity contribution in [3.05, 3.63) is 46.8 Å². The lowest BCUT2D eigenvalue weighted by atomic mass is 10.2. The topological polar surface area (TPSA) is 74.6 Å². The van der Waals surface area contributed by atoms with Gasteiger partial charge in [-0.05, 0) is 46.3 Å². The van der Waals surface area contributed by atoms with Crippen LogP contribution >= 0.6 is 15.9 Å². The highest BCUT2D eigenvalue weighted by Gasteiger charge is 2.21. The van der Waals surface area contributed by atoms with E-state index in [4.69, 9.17) is 4.42 Å². The van der Waals surface area contributed by atoms with Gasteiger partial charge in [0.05, 0.1) is 11.8 Å². The molecule has 1 aliphatic rings. The minimum atomic E-state index is -0.262. The van der Waals surface area contributed by atoms with E-state index in [9.17, 15) is 9.59 Å². The Morgan fingerprint density at radius 1 is 1.29 bits per heavy atom. The molecule has 2 heterocycles. The number of hydrogen-bond acceptors (Lipinski definition) is 3. The number of amides is 3. The Labute approximate surface area is 129 Å². The normalized spacial score (nSPS) is 14.1. The van der Waals surface area contributed by atoms with Crippen molar-refractivity contribution in [2.45, 2.75) is 0 Å². The SMILES string of the molecule is O=C(Nc1ccc(N2CCNC2=O)cc1)c1ccoc1Br. The lowest BCUT2D eigenvalue weighted by Crippen LogP contribution is -2.27. The van der Waals surface area contributed by atoms with Crippen molar-refractivity contribution in [2.24, 2.45) is 0 Å². The molecule has 1 saturated heterocycles. The molecule has 0 radical (unpaired) electrons. The number of urea groups is 1. The van der Waals surface area contributed by atoms with Crippen LogP contribution in [0.3, 0.4) is 0 Å². The predicted molar refractivity (Wildman–Crippen MR) is 81.5 cm³/mol. The van der Waals surface area contributed by atoms with Crippen LogP contribution in [0.4, 0.5) is 16.2 Å². The summed E-state index contributed by atoms with van der Waals surface area (Å²) in [4.78, 5) is 25.2. The van der Waals surface area contributed by atoms with Crippen molar-refractivity contribution in [3.63, 3.8) is 0 Å². The van der Waals surface area contributed by atoms with Gasteiger partial charge in [-0.1, -0.05) is 0 Å². The predicted octanol–water partition coefficient (Wildman–Crippen LogP) is 2.82. The molecule has 2 aromatic rings. The number of nitrogens with one attached hydrogen (secondary N) is 2. The van der Waals surface area contributed by atoms with E-state index in [-0.39, 0.29) is 11.9 Å². The molecule has 1 aromatic carbocycles. The summed E-state index contributed by atoms with van der Waals surface area (Å²) in [6.45, 7) is 1.29. The molecule has 3 amide bonds. The van der Waals surface area contributed by atoms with Gasteiger partial charge in [0, 0.05) is 24.5 Å². The van der Waals surface area contributed by atoms with Gasteiger partial charge < -0.3 is 15.1 Å². The molecule has 1 fully saturated rings. The number of nitrogens with zero attached hydrogens (tertiary/aromatic N) is 1. The Morgan fingerprint density at radius 3 is 2.62 bits per heavy atom. The molecular formula is C14H12BrN3O3. The smallest absolute Gasteiger partial charge is 0.321 e. The van der Waals surface area contributed by atoms with Crippen LogP contribution in [0.15, 0.2) is 45.7 Å². The summed E-state index contributed by atoms with van der Waals surface area (Å²) in [6.07, 6.45) is 1.44. The van der Waals surface area contributed by atoms with Crippen molar-refractivity contribution < 1.29 is 14.0 Å². The lowest BCUT2D eigenvalue weighted by Gasteiger charge is -2.14. The Balaban J connectivity index is 1.71. The first kappa shape index (κ1) is 13.7.